The summed E-state index contributed by atoms with van der Waals surface area (Å²) < 4.78 is 34.1. The van der Waals surface area contributed by atoms with Crippen molar-refractivity contribution >= 4 is 21.6 Å². The zero-order valence-electron chi connectivity index (χ0n) is 21.9. The zero-order valence-corrected chi connectivity index (χ0v) is 22.7. The molecule has 0 unspecified atom stereocenters. The average Bonchev–Trinajstić information content (AvgIpc) is 2.91. The molecule has 1 N–H and O–H groups in total. The molecule has 0 saturated heterocycles. The second-order valence-corrected chi connectivity index (χ2v) is 11.4. The van der Waals surface area contributed by atoms with Crippen molar-refractivity contribution < 1.29 is 17.9 Å². The van der Waals surface area contributed by atoms with Crippen molar-refractivity contribution in [1.82, 2.24) is 5.32 Å². The molecular weight excluding hydrogens is 484 g/mol. The first-order chi connectivity index (χ1) is 17.8. The predicted octanol–water partition coefficient (Wildman–Crippen LogP) is 5.74. The molecule has 4 rings (SSSR count). The fourth-order valence-electron chi connectivity index (χ4n) is 4.79. The van der Waals surface area contributed by atoms with E-state index in [1.54, 1.807) is 24.3 Å². The highest BCUT2D eigenvalue weighted by Gasteiger charge is 2.28. The van der Waals surface area contributed by atoms with Gasteiger partial charge in [0.25, 0.3) is 10.0 Å². The Kier molecular flexibility index (Phi) is 8.54. The lowest BCUT2D eigenvalue weighted by Crippen LogP contribution is -2.42. The summed E-state index contributed by atoms with van der Waals surface area (Å²) in [6, 6.07) is 19.7. The molecule has 0 aliphatic heterocycles. The number of nitrogens with zero attached hydrogens (tertiary/aromatic N) is 1. The van der Waals surface area contributed by atoms with E-state index in [0.29, 0.717) is 24.5 Å². The van der Waals surface area contributed by atoms with E-state index in [0.717, 1.165) is 24.0 Å². The SMILES string of the molecule is CCOc1ccc(S(=O)(=O)N(CC(=O)N[C@H](CC)c2ccc3c(c2)CCCC3)c2ccc(C)cc2)cc1. The molecule has 1 amide bonds. The molecule has 1 aliphatic carbocycles. The highest BCUT2D eigenvalue weighted by atomic mass is 32.2. The lowest BCUT2D eigenvalue weighted by atomic mass is 9.89. The Morgan fingerprint density at radius 1 is 0.946 bits per heavy atom. The molecule has 0 radical (unpaired) electrons. The van der Waals surface area contributed by atoms with E-state index in [4.69, 9.17) is 4.74 Å². The van der Waals surface area contributed by atoms with Gasteiger partial charge in [0.05, 0.1) is 23.2 Å². The molecule has 3 aromatic rings. The van der Waals surface area contributed by atoms with Crippen molar-refractivity contribution in [2.24, 2.45) is 0 Å². The predicted molar refractivity (Wildman–Crippen MR) is 148 cm³/mol. The van der Waals surface area contributed by atoms with Crippen LogP contribution < -0.4 is 14.4 Å². The standard InChI is InChI=1S/C30H36N2O4S/c1-4-29(25-13-12-23-8-6-7-9-24(23)20-25)31-30(33)21-32(26-14-10-22(3)11-15-26)37(34,35)28-18-16-27(17-19-28)36-5-2/h10-20,29H,4-9,21H2,1-3H3,(H,31,33)/t29-/m1/s1. The molecule has 0 fully saturated rings. The second-order valence-electron chi connectivity index (χ2n) is 9.52. The number of carbonyl (C=O) groups is 1. The molecule has 0 aromatic heterocycles. The van der Waals surface area contributed by atoms with Crippen molar-refractivity contribution in [3.63, 3.8) is 0 Å². The van der Waals surface area contributed by atoms with E-state index in [-0.39, 0.29) is 23.4 Å². The van der Waals surface area contributed by atoms with E-state index in [1.165, 1.54) is 40.4 Å². The molecule has 0 bridgehead atoms. The van der Waals surface area contributed by atoms with E-state index < -0.39 is 10.0 Å². The van der Waals surface area contributed by atoms with Crippen LogP contribution in [0.15, 0.2) is 71.6 Å². The van der Waals surface area contributed by atoms with Crippen molar-refractivity contribution in [1.29, 1.82) is 0 Å². The highest BCUT2D eigenvalue weighted by molar-refractivity contribution is 7.92. The number of hydrogen-bond acceptors (Lipinski definition) is 4. The number of ether oxygens (including phenoxy) is 1. The molecule has 0 heterocycles. The zero-order chi connectivity index (χ0) is 26.4. The second kappa shape index (κ2) is 11.8. The van der Waals surface area contributed by atoms with Gasteiger partial charge in [0, 0.05) is 0 Å². The van der Waals surface area contributed by atoms with E-state index in [2.05, 4.69) is 23.5 Å². The van der Waals surface area contributed by atoms with Crippen LogP contribution in [0.5, 0.6) is 5.75 Å². The van der Waals surface area contributed by atoms with Crippen LogP contribution in [-0.2, 0) is 27.7 Å². The van der Waals surface area contributed by atoms with E-state index in [1.807, 2.05) is 32.9 Å². The summed E-state index contributed by atoms with van der Waals surface area (Å²) in [5.74, 6) is 0.247. The lowest BCUT2D eigenvalue weighted by Gasteiger charge is -2.26. The molecule has 37 heavy (non-hydrogen) atoms. The third-order valence-corrected chi connectivity index (χ3v) is 8.64. The van der Waals surface area contributed by atoms with Crippen LogP contribution in [0.25, 0.3) is 0 Å². The molecular formula is C30H36N2O4S. The summed E-state index contributed by atoms with van der Waals surface area (Å²) in [4.78, 5) is 13.4. The van der Waals surface area contributed by atoms with Gasteiger partial charge in [-0.15, -0.1) is 0 Å². The minimum atomic E-state index is -4.00. The Hall–Kier alpha value is -3.32. The number of benzene rings is 3. The average molecular weight is 521 g/mol. The Bertz CT molecular complexity index is 1320. The quantitative estimate of drug-likeness (QED) is 0.370. The number of amides is 1. The fraction of sp³-hybridized carbons (Fsp3) is 0.367. The van der Waals surface area contributed by atoms with Crippen LogP contribution in [-0.4, -0.2) is 27.5 Å². The van der Waals surface area contributed by atoms with Gasteiger partial charge < -0.3 is 10.1 Å². The minimum absolute atomic E-state index is 0.103. The van der Waals surface area contributed by atoms with Gasteiger partial charge in [-0.25, -0.2) is 8.42 Å². The Balaban J connectivity index is 1.58. The van der Waals surface area contributed by atoms with Crippen LogP contribution in [0.4, 0.5) is 5.69 Å². The topological polar surface area (TPSA) is 75.7 Å². The number of hydrogen-bond donors (Lipinski definition) is 1. The van der Waals surface area contributed by atoms with Gasteiger partial charge in [-0.1, -0.05) is 42.8 Å². The van der Waals surface area contributed by atoms with Gasteiger partial charge in [-0.3, -0.25) is 9.10 Å². The maximum Gasteiger partial charge on any atom is 0.264 e. The Labute approximate surface area is 220 Å². The fourth-order valence-corrected chi connectivity index (χ4v) is 6.21. The number of nitrogens with one attached hydrogen (secondary N) is 1. The van der Waals surface area contributed by atoms with Gasteiger partial charge in [0.15, 0.2) is 0 Å². The Morgan fingerprint density at radius 2 is 1.62 bits per heavy atom. The maximum atomic E-state index is 13.7. The van der Waals surface area contributed by atoms with Crippen molar-refractivity contribution in [2.45, 2.75) is 63.8 Å². The smallest absolute Gasteiger partial charge is 0.264 e. The van der Waals surface area contributed by atoms with Crippen LogP contribution in [0.1, 0.15) is 61.4 Å². The van der Waals surface area contributed by atoms with Gasteiger partial charge >= 0.3 is 0 Å². The molecule has 1 aliphatic rings. The number of anilines is 1. The van der Waals surface area contributed by atoms with E-state index in [9.17, 15) is 13.2 Å². The lowest BCUT2D eigenvalue weighted by molar-refractivity contribution is -0.120. The number of aryl methyl sites for hydroxylation is 3. The molecule has 0 spiro atoms. The summed E-state index contributed by atoms with van der Waals surface area (Å²) in [7, 11) is -4.00. The summed E-state index contributed by atoms with van der Waals surface area (Å²) >= 11 is 0. The van der Waals surface area contributed by atoms with Crippen LogP contribution >= 0.6 is 0 Å². The van der Waals surface area contributed by atoms with Crippen molar-refractivity contribution in [3.05, 3.63) is 89.0 Å². The summed E-state index contributed by atoms with van der Waals surface area (Å²) in [6.45, 7) is 6.01. The first-order valence-corrected chi connectivity index (χ1v) is 14.5. The monoisotopic (exact) mass is 520 g/mol. The normalized spacial score (nSPS) is 13.9. The number of fused-ring (bicyclic) bond motifs is 1. The molecule has 196 valence electrons. The first-order valence-electron chi connectivity index (χ1n) is 13.0. The molecule has 6 nitrogen and oxygen atoms in total. The number of carbonyl (C=O) groups excluding carboxylic acids is 1. The molecule has 1 atom stereocenters. The molecule has 3 aromatic carbocycles. The number of sulfonamides is 1. The van der Waals surface area contributed by atoms with Crippen molar-refractivity contribution in [2.75, 3.05) is 17.5 Å². The first kappa shape index (κ1) is 26.7. The van der Waals surface area contributed by atoms with Gasteiger partial charge in [0.2, 0.25) is 5.91 Å². The van der Waals surface area contributed by atoms with E-state index >= 15 is 0 Å². The molecule has 7 heteroatoms. The molecule has 0 saturated carbocycles. The summed E-state index contributed by atoms with van der Waals surface area (Å²) in [6.07, 6.45) is 5.29. The highest BCUT2D eigenvalue weighted by Crippen LogP contribution is 2.28. The van der Waals surface area contributed by atoms with Crippen molar-refractivity contribution in [3.8, 4) is 5.75 Å². The third kappa shape index (κ3) is 6.34. The Morgan fingerprint density at radius 3 is 2.27 bits per heavy atom. The summed E-state index contributed by atoms with van der Waals surface area (Å²) in [5.41, 5.74) is 5.26. The van der Waals surface area contributed by atoms with Crippen LogP contribution in [0, 0.1) is 6.92 Å². The van der Waals surface area contributed by atoms with Gasteiger partial charge in [-0.2, -0.15) is 0 Å². The van der Waals surface area contributed by atoms with Gasteiger partial charge in [0.1, 0.15) is 12.3 Å². The third-order valence-electron chi connectivity index (χ3n) is 6.85. The van der Waals surface area contributed by atoms with Gasteiger partial charge in [-0.05, 0) is 99.0 Å². The minimum Gasteiger partial charge on any atom is -0.494 e. The maximum absolute atomic E-state index is 13.7. The largest absolute Gasteiger partial charge is 0.494 e. The summed E-state index contributed by atoms with van der Waals surface area (Å²) in [5, 5.41) is 3.09. The van der Waals surface area contributed by atoms with Crippen LogP contribution in [0.2, 0.25) is 0 Å². The van der Waals surface area contributed by atoms with Crippen LogP contribution in [0.3, 0.4) is 0 Å². The number of rotatable bonds is 10.